The lowest BCUT2D eigenvalue weighted by Gasteiger charge is -2.02. The van der Waals surface area contributed by atoms with Gasteiger partial charge in [0.1, 0.15) is 5.75 Å². The lowest BCUT2D eigenvalue weighted by molar-refractivity contribution is 0.475. The second kappa shape index (κ2) is 5.42. The summed E-state index contributed by atoms with van der Waals surface area (Å²) in [6.45, 7) is 0. The van der Waals surface area contributed by atoms with Gasteiger partial charge in [-0.2, -0.15) is 5.26 Å². The highest BCUT2D eigenvalue weighted by atomic mass is 32.2. The Balaban J connectivity index is 2.02. The van der Waals surface area contributed by atoms with Crippen molar-refractivity contribution in [2.45, 2.75) is 10.6 Å². The van der Waals surface area contributed by atoms with E-state index in [0.717, 1.165) is 16.2 Å². The van der Waals surface area contributed by atoms with Crippen molar-refractivity contribution in [1.82, 2.24) is 0 Å². The van der Waals surface area contributed by atoms with Crippen LogP contribution in [0.3, 0.4) is 0 Å². The SMILES string of the molecule is N#Cc1cccc(CSc2ccc(O)cc2)c1. The summed E-state index contributed by atoms with van der Waals surface area (Å²) in [5, 5.41) is 18.0. The van der Waals surface area contributed by atoms with Gasteiger partial charge in [0.2, 0.25) is 0 Å². The number of nitriles is 1. The van der Waals surface area contributed by atoms with Crippen molar-refractivity contribution >= 4 is 11.8 Å². The molecule has 1 N–H and O–H groups in total. The van der Waals surface area contributed by atoms with E-state index >= 15 is 0 Å². The summed E-state index contributed by atoms with van der Waals surface area (Å²) in [7, 11) is 0. The zero-order valence-corrected chi connectivity index (χ0v) is 9.95. The van der Waals surface area contributed by atoms with Crippen LogP contribution < -0.4 is 0 Å². The van der Waals surface area contributed by atoms with E-state index in [9.17, 15) is 0 Å². The van der Waals surface area contributed by atoms with Crippen molar-refractivity contribution in [2.24, 2.45) is 0 Å². The van der Waals surface area contributed by atoms with Crippen molar-refractivity contribution in [2.75, 3.05) is 0 Å². The summed E-state index contributed by atoms with van der Waals surface area (Å²) in [6, 6.07) is 16.8. The Morgan fingerprint density at radius 1 is 1.12 bits per heavy atom. The van der Waals surface area contributed by atoms with Crippen molar-refractivity contribution in [3.05, 3.63) is 59.7 Å². The van der Waals surface area contributed by atoms with Crippen molar-refractivity contribution in [3.8, 4) is 11.8 Å². The highest BCUT2D eigenvalue weighted by Gasteiger charge is 1.98. The average Bonchev–Trinajstić information content (AvgIpc) is 2.38. The van der Waals surface area contributed by atoms with Crippen LogP contribution in [0.2, 0.25) is 0 Å². The second-order valence-electron chi connectivity index (χ2n) is 3.59. The van der Waals surface area contributed by atoms with E-state index in [2.05, 4.69) is 6.07 Å². The molecule has 0 heterocycles. The van der Waals surface area contributed by atoms with Gasteiger partial charge < -0.3 is 5.11 Å². The molecule has 0 saturated heterocycles. The van der Waals surface area contributed by atoms with Gasteiger partial charge in [-0.1, -0.05) is 12.1 Å². The lowest BCUT2D eigenvalue weighted by Crippen LogP contribution is -1.82. The summed E-state index contributed by atoms with van der Waals surface area (Å²) < 4.78 is 0. The number of hydrogen-bond acceptors (Lipinski definition) is 3. The van der Waals surface area contributed by atoms with Gasteiger partial charge in [0.15, 0.2) is 0 Å². The van der Waals surface area contributed by atoms with Crippen LogP contribution in [0, 0.1) is 11.3 Å². The van der Waals surface area contributed by atoms with Crippen molar-refractivity contribution < 1.29 is 5.11 Å². The average molecular weight is 241 g/mol. The minimum atomic E-state index is 0.279. The van der Waals surface area contributed by atoms with Crippen LogP contribution in [0.15, 0.2) is 53.4 Å². The van der Waals surface area contributed by atoms with Gasteiger partial charge in [-0.25, -0.2) is 0 Å². The number of phenolic OH excluding ortho intramolecular Hbond substituents is 1. The van der Waals surface area contributed by atoms with Crippen LogP contribution in [0.5, 0.6) is 5.75 Å². The molecule has 84 valence electrons. The number of aromatic hydroxyl groups is 1. The van der Waals surface area contributed by atoms with E-state index in [1.807, 2.05) is 30.3 Å². The van der Waals surface area contributed by atoms with Crippen molar-refractivity contribution in [1.29, 1.82) is 5.26 Å². The topological polar surface area (TPSA) is 44.0 Å². The molecule has 0 aliphatic rings. The quantitative estimate of drug-likeness (QED) is 0.836. The van der Waals surface area contributed by atoms with E-state index in [0.29, 0.717) is 5.56 Å². The monoisotopic (exact) mass is 241 g/mol. The molecular weight excluding hydrogens is 230 g/mol. The van der Waals surface area contributed by atoms with Gasteiger partial charge in [-0.3, -0.25) is 0 Å². The Hall–Kier alpha value is -1.92. The fourth-order valence-electron chi connectivity index (χ4n) is 1.44. The Bertz CT molecular complexity index is 543. The summed E-state index contributed by atoms with van der Waals surface area (Å²) in [4.78, 5) is 1.10. The van der Waals surface area contributed by atoms with Gasteiger partial charge in [0, 0.05) is 10.6 Å². The van der Waals surface area contributed by atoms with Gasteiger partial charge in [0.05, 0.1) is 11.6 Å². The predicted octanol–water partition coefficient (Wildman–Crippen LogP) is 3.56. The highest BCUT2D eigenvalue weighted by molar-refractivity contribution is 7.98. The van der Waals surface area contributed by atoms with E-state index in [1.54, 1.807) is 30.0 Å². The second-order valence-corrected chi connectivity index (χ2v) is 4.64. The number of rotatable bonds is 3. The highest BCUT2D eigenvalue weighted by Crippen LogP contribution is 2.24. The first-order chi connectivity index (χ1) is 8.28. The first-order valence-electron chi connectivity index (χ1n) is 5.19. The maximum atomic E-state index is 9.16. The Morgan fingerprint density at radius 3 is 2.59 bits per heavy atom. The standard InChI is InChI=1S/C14H11NOS/c15-9-11-2-1-3-12(8-11)10-17-14-6-4-13(16)5-7-14/h1-8,16H,10H2. The summed E-state index contributed by atoms with van der Waals surface area (Å²) in [5.41, 5.74) is 1.82. The van der Waals surface area contributed by atoms with Crippen LogP contribution in [0.25, 0.3) is 0 Å². The maximum absolute atomic E-state index is 9.16. The molecule has 0 atom stereocenters. The fourth-order valence-corrected chi connectivity index (χ4v) is 2.28. The van der Waals surface area contributed by atoms with Gasteiger partial charge in [-0.05, 0) is 42.0 Å². The molecule has 2 aromatic carbocycles. The smallest absolute Gasteiger partial charge is 0.115 e. The minimum Gasteiger partial charge on any atom is -0.508 e. The first kappa shape index (κ1) is 11.6. The van der Waals surface area contributed by atoms with Crippen LogP contribution >= 0.6 is 11.8 Å². The number of nitrogens with zero attached hydrogens (tertiary/aromatic N) is 1. The van der Waals surface area contributed by atoms with Crippen molar-refractivity contribution in [3.63, 3.8) is 0 Å². The Morgan fingerprint density at radius 2 is 1.88 bits per heavy atom. The van der Waals surface area contributed by atoms with Crippen LogP contribution in [0.4, 0.5) is 0 Å². The van der Waals surface area contributed by atoms with Crippen LogP contribution in [-0.4, -0.2) is 5.11 Å². The molecule has 0 aliphatic heterocycles. The molecule has 0 bridgehead atoms. The van der Waals surface area contributed by atoms with E-state index in [4.69, 9.17) is 10.4 Å². The first-order valence-corrected chi connectivity index (χ1v) is 6.17. The van der Waals surface area contributed by atoms with E-state index in [-0.39, 0.29) is 5.75 Å². The molecule has 2 aromatic rings. The Labute approximate surface area is 105 Å². The van der Waals surface area contributed by atoms with E-state index in [1.165, 1.54) is 0 Å². The third-order valence-electron chi connectivity index (χ3n) is 2.30. The maximum Gasteiger partial charge on any atom is 0.115 e. The molecule has 0 saturated carbocycles. The molecule has 0 spiro atoms. The number of benzene rings is 2. The largest absolute Gasteiger partial charge is 0.508 e. The van der Waals surface area contributed by atoms with Gasteiger partial charge >= 0.3 is 0 Å². The molecule has 0 radical (unpaired) electrons. The minimum absolute atomic E-state index is 0.279. The number of hydrogen-bond donors (Lipinski definition) is 1. The van der Waals surface area contributed by atoms with Gasteiger partial charge in [-0.15, -0.1) is 11.8 Å². The Kier molecular flexibility index (Phi) is 3.69. The normalized spacial score (nSPS) is 9.82. The molecule has 0 amide bonds. The summed E-state index contributed by atoms with van der Waals surface area (Å²) >= 11 is 1.68. The lowest BCUT2D eigenvalue weighted by atomic mass is 10.2. The molecule has 17 heavy (non-hydrogen) atoms. The van der Waals surface area contributed by atoms with Gasteiger partial charge in [0.25, 0.3) is 0 Å². The molecule has 0 unspecified atom stereocenters. The molecule has 2 rings (SSSR count). The number of phenols is 1. The zero-order chi connectivity index (χ0) is 12.1. The third-order valence-corrected chi connectivity index (χ3v) is 3.38. The molecule has 0 aliphatic carbocycles. The molecule has 0 aromatic heterocycles. The predicted molar refractivity (Wildman–Crippen MR) is 68.8 cm³/mol. The molecule has 2 nitrogen and oxygen atoms in total. The summed E-state index contributed by atoms with van der Waals surface area (Å²) in [6.07, 6.45) is 0. The third kappa shape index (κ3) is 3.27. The van der Waals surface area contributed by atoms with Crippen LogP contribution in [-0.2, 0) is 5.75 Å². The summed E-state index contributed by atoms with van der Waals surface area (Å²) in [5.74, 6) is 1.10. The number of thioether (sulfide) groups is 1. The van der Waals surface area contributed by atoms with E-state index < -0.39 is 0 Å². The van der Waals surface area contributed by atoms with Crippen LogP contribution in [0.1, 0.15) is 11.1 Å². The molecular formula is C14H11NOS. The fraction of sp³-hybridized carbons (Fsp3) is 0.0714. The molecule has 3 heteroatoms. The molecule has 0 fully saturated rings. The zero-order valence-electron chi connectivity index (χ0n) is 9.13.